The zero-order chi connectivity index (χ0) is 33.9. The van der Waals surface area contributed by atoms with Gasteiger partial charge in [0.05, 0.1) is 16.1 Å². The fraction of sp³-hybridized carbons (Fsp3) is 0.136. The number of rotatable bonds is 2. The molecule has 6 saturated carbocycles. The van der Waals surface area contributed by atoms with E-state index in [1.807, 2.05) is 127 Å². The van der Waals surface area contributed by atoms with Gasteiger partial charge >= 0.3 is 21.7 Å². The summed E-state index contributed by atoms with van der Waals surface area (Å²) in [5.41, 5.74) is 3.12. The van der Waals surface area contributed by atoms with Gasteiger partial charge in [-0.15, -0.1) is 0 Å². The SMILES string of the molecule is C[Si](C)(C)[C]1[CH][CH][CH][CH]1.C[Si](C)(C)[C]1[CH][CH][CH][CH]1.[C-]#CC#C[C]1[CH][CH][CH][CH]1.[C-]#CC#C[C]1[CH][CH][CH][CH]1.[CH]1[CH][CH][CH][CH]1.[CH]1[CH][CH][CH][CH]1.[Fe].[Fe].[Ti+2]. The van der Waals surface area contributed by atoms with Crippen LogP contribution in [0.2, 0.25) is 39.3 Å². The second-order valence-electron chi connectivity index (χ2n) is 11.9. The third kappa shape index (κ3) is 30.6. The molecule has 0 unspecified atom stereocenters. The van der Waals surface area contributed by atoms with E-state index in [0.717, 1.165) is 11.8 Å². The third-order valence-electron chi connectivity index (χ3n) is 6.03. The molecular formula is C44H44Fe2Si2Ti. The average Bonchev–Trinajstić information content (AvgIpc) is 3.90. The van der Waals surface area contributed by atoms with E-state index in [1.54, 1.807) is 11.1 Å². The molecule has 0 amide bonds. The van der Waals surface area contributed by atoms with Gasteiger partial charge in [-0.1, -0.05) is 39.3 Å². The summed E-state index contributed by atoms with van der Waals surface area (Å²) in [6, 6.07) is 0. The van der Waals surface area contributed by atoms with Crippen molar-refractivity contribution >= 4 is 16.1 Å². The molecule has 0 bridgehead atoms. The zero-order valence-electron chi connectivity index (χ0n) is 29.2. The topological polar surface area (TPSA) is 0 Å². The quantitative estimate of drug-likeness (QED) is 0.150. The van der Waals surface area contributed by atoms with Gasteiger partial charge in [0.15, 0.2) is 0 Å². The predicted molar refractivity (Wildman–Crippen MR) is 201 cm³/mol. The molecule has 0 aromatic rings. The van der Waals surface area contributed by atoms with Crippen molar-refractivity contribution in [3.8, 4) is 35.5 Å². The first kappa shape index (κ1) is 53.8. The Morgan fingerprint density at radius 2 is 0.571 bits per heavy atom. The molecule has 49 heavy (non-hydrogen) atoms. The van der Waals surface area contributed by atoms with Crippen molar-refractivity contribution < 1.29 is 55.9 Å². The molecule has 30 radical (unpaired) electrons. The Bertz CT molecular complexity index is 849. The van der Waals surface area contributed by atoms with Crippen LogP contribution in [-0.4, -0.2) is 16.1 Å². The standard InChI is InChI=1S/2C9H4.2C8H13Si.2C5H5.2Fe.Ti/c2*1-2-3-6-9-7-4-5-8-9;2*1-9(2,3)8-6-4-5-7-8;2*1-2-4-5-3-1;;;/h2*4-5,7-8H;2*4-7H,1-3H3;2*1-5H;;;/q2*-1;;;;;;;+2. The Morgan fingerprint density at radius 1 is 0.367 bits per heavy atom. The largest absolute Gasteiger partial charge is 2.00 e. The molecule has 5 heteroatoms. The third-order valence-corrected chi connectivity index (χ3v) is 10.2. The summed E-state index contributed by atoms with van der Waals surface area (Å²) in [6.07, 6.45) is 65.6. The van der Waals surface area contributed by atoms with E-state index in [2.05, 4.69) is 114 Å². The second kappa shape index (κ2) is 34.2. The first-order valence-corrected chi connectivity index (χ1v) is 22.1. The van der Waals surface area contributed by atoms with E-state index < -0.39 is 16.1 Å². The Balaban J connectivity index is -0.000000519. The van der Waals surface area contributed by atoms with Crippen LogP contribution in [0.5, 0.6) is 0 Å². The Hall–Kier alpha value is 0.427. The minimum absolute atomic E-state index is 0. The summed E-state index contributed by atoms with van der Waals surface area (Å²) in [5.74, 6) is 16.2. The van der Waals surface area contributed by atoms with Crippen LogP contribution in [0.4, 0.5) is 0 Å². The predicted octanol–water partition coefficient (Wildman–Crippen LogP) is 8.54. The summed E-state index contributed by atoms with van der Waals surface area (Å²) in [4.78, 5) is 0. The van der Waals surface area contributed by atoms with Crippen molar-refractivity contribution in [1.29, 1.82) is 0 Å². The van der Waals surface area contributed by atoms with Crippen LogP contribution in [0, 0.1) is 238 Å². The zero-order valence-corrected chi connectivity index (χ0v) is 35.0. The smallest absolute Gasteiger partial charge is 0.358 e. The van der Waals surface area contributed by atoms with Crippen molar-refractivity contribution in [2.24, 2.45) is 0 Å². The van der Waals surface area contributed by atoms with Crippen LogP contribution in [0.25, 0.3) is 0 Å². The summed E-state index contributed by atoms with van der Waals surface area (Å²) in [5, 5.41) is 0. The maximum atomic E-state index is 6.48. The van der Waals surface area contributed by atoms with E-state index >= 15 is 0 Å². The van der Waals surface area contributed by atoms with Crippen molar-refractivity contribution in [3.63, 3.8) is 0 Å². The van der Waals surface area contributed by atoms with Crippen LogP contribution in [0.3, 0.4) is 0 Å². The number of hydrogen-bond donors (Lipinski definition) is 0. The van der Waals surface area contributed by atoms with Gasteiger partial charge in [-0.3, -0.25) is 23.7 Å². The minimum Gasteiger partial charge on any atom is -0.358 e. The summed E-state index contributed by atoms with van der Waals surface area (Å²) >= 11 is 0. The first-order chi connectivity index (χ1) is 22.1. The first-order valence-electron chi connectivity index (χ1n) is 15.1. The van der Waals surface area contributed by atoms with Gasteiger partial charge in [-0.05, 0) is 178 Å². The monoisotopic (exact) mass is 788 g/mol. The Labute approximate surface area is 346 Å². The van der Waals surface area contributed by atoms with Gasteiger partial charge in [-0.2, -0.15) is 11.8 Å². The summed E-state index contributed by atoms with van der Waals surface area (Å²) < 4.78 is 0. The van der Waals surface area contributed by atoms with Gasteiger partial charge in [-0.25, -0.2) is 0 Å². The molecule has 0 aromatic carbocycles. The van der Waals surface area contributed by atoms with Crippen molar-refractivity contribution in [2.45, 2.75) is 39.3 Å². The van der Waals surface area contributed by atoms with Gasteiger partial charge in [0.2, 0.25) is 0 Å². The molecule has 0 aromatic heterocycles. The van der Waals surface area contributed by atoms with Crippen molar-refractivity contribution in [1.82, 2.24) is 0 Å². The fourth-order valence-electron chi connectivity index (χ4n) is 3.51. The van der Waals surface area contributed by atoms with E-state index in [4.69, 9.17) is 12.8 Å². The molecule has 6 aliphatic carbocycles. The van der Waals surface area contributed by atoms with Gasteiger partial charge in [0.25, 0.3) is 0 Å². The minimum atomic E-state index is -0.981. The maximum Gasteiger partial charge on any atom is 2.00 e. The van der Waals surface area contributed by atoms with Gasteiger partial charge in [0, 0.05) is 46.0 Å². The van der Waals surface area contributed by atoms with Crippen LogP contribution in [-0.2, 0) is 55.9 Å². The van der Waals surface area contributed by atoms with Crippen LogP contribution < -0.4 is 0 Å². The van der Waals surface area contributed by atoms with E-state index in [0.29, 0.717) is 0 Å². The molecule has 6 fully saturated rings. The molecule has 0 saturated heterocycles. The molecule has 0 atom stereocenters. The molecule has 0 nitrogen and oxygen atoms in total. The van der Waals surface area contributed by atoms with Crippen LogP contribution >= 0.6 is 0 Å². The molecule has 0 spiro atoms. The molecule has 0 N–H and O–H groups in total. The molecule has 6 aliphatic rings. The van der Waals surface area contributed by atoms with Crippen molar-refractivity contribution in [2.75, 3.05) is 0 Å². The molecule has 248 valence electrons. The molecule has 0 heterocycles. The molecular weight excluding hydrogens is 744 g/mol. The number of hydrogen-bond acceptors (Lipinski definition) is 0. The Kier molecular flexibility index (Phi) is 37.5. The van der Waals surface area contributed by atoms with Crippen LogP contribution in [0.15, 0.2) is 0 Å². The summed E-state index contributed by atoms with van der Waals surface area (Å²) in [7, 11) is -1.96. The maximum absolute atomic E-state index is 6.48. The van der Waals surface area contributed by atoms with Crippen molar-refractivity contribution in [3.05, 3.63) is 203 Å². The van der Waals surface area contributed by atoms with E-state index in [1.165, 1.54) is 0 Å². The second-order valence-corrected chi connectivity index (χ2v) is 22.0. The summed E-state index contributed by atoms with van der Waals surface area (Å²) in [6.45, 7) is 14.2. The van der Waals surface area contributed by atoms with Gasteiger partial charge in [0.1, 0.15) is 0 Å². The van der Waals surface area contributed by atoms with Crippen LogP contribution in [0.1, 0.15) is 0 Å². The average molecular weight is 789 g/mol. The fourth-order valence-corrected chi connectivity index (χ4v) is 5.90. The van der Waals surface area contributed by atoms with E-state index in [9.17, 15) is 0 Å². The normalized spacial score (nSPS) is 20.0. The molecule has 0 aliphatic heterocycles. The molecule has 6 rings (SSSR count). The Morgan fingerprint density at radius 3 is 0.735 bits per heavy atom. The van der Waals surface area contributed by atoms with E-state index in [-0.39, 0.29) is 55.9 Å². The van der Waals surface area contributed by atoms with Gasteiger partial charge < -0.3 is 12.8 Å².